The van der Waals surface area contributed by atoms with Crippen LogP contribution in [0.4, 0.5) is 0 Å². The average molecular weight is 282 g/mol. The van der Waals surface area contributed by atoms with Crippen LogP contribution in [0.5, 0.6) is 0 Å². The van der Waals surface area contributed by atoms with Gasteiger partial charge in [-0.05, 0) is 0 Å². The summed E-state index contributed by atoms with van der Waals surface area (Å²) in [7, 11) is 0. The number of nitrogens with zero attached hydrogens (tertiary/aromatic N) is 2. The van der Waals surface area contributed by atoms with Gasteiger partial charge in [0.1, 0.15) is 0 Å². The van der Waals surface area contributed by atoms with Crippen molar-refractivity contribution in [2.45, 2.75) is 0 Å². The molecule has 1 atom stereocenters. The van der Waals surface area contributed by atoms with Crippen LogP contribution >= 0.6 is 0 Å². The maximum atomic E-state index is 4.40. The first-order valence-electron chi connectivity index (χ1n) is 5.40. The van der Waals surface area contributed by atoms with Crippen molar-refractivity contribution in [2.75, 3.05) is 0 Å². The molecular weight excluding hydrogens is 271 g/mol. The number of pyridine rings is 2. The molecule has 0 radical (unpaired) electrons. The van der Waals surface area contributed by atoms with E-state index in [1.54, 1.807) is 16.9 Å². The molecule has 0 saturated heterocycles. The van der Waals surface area contributed by atoms with E-state index in [0.29, 0.717) is 0 Å². The fraction of sp³-hybridized carbons (Fsp3) is 0. The second-order valence-corrected chi connectivity index (χ2v) is 5.28. The molecule has 3 heteroatoms. The van der Waals surface area contributed by atoms with Crippen LogP contribution in [0.1, 0.15) is 0 Å². The molecule has 0 saturated carbocycles. The minimum absolute atomic E-state index is 1.01. The van der Waals surface area contributed by atoms with Gasteiger partial charge in [0.15, 0.2) is 0 Å². The van der Waals surface area contributed by atoms with Crippen molar-refractivity contribution in [2.24, 2.45) is 0 Å². The zero-order chi connectivity index (χ0) is 11.7. The Labute approximate surface area is 108 Å². The predicted molar refractivity (Wildman–Crippen MR) is 73.2 cm³/mol. The van der Waals surface area contributed by atoms with Crippen LogP contribution in [0, 0.1) is 0 Å². The zero-order valence-electron chi connectivity index (χ0n) is 9.17. The topological polar surface area (TPSA) is 25.8 Å². The molecule has 0 aliphatic carbocycles. The molecule has 1 unspecified atom stereocenters. The molecule has 0 N–H and O–H groups in total. The predicted octanol–water partition coefficient (Wildman–Crippen LogP) is 1.56. The van der Waals surface area contributed by atoms with Crippen molar-refractivity contribution >= 4 is 32.1 Å². The van der Waals surface area contributed by atoms with Crippen molar-refractivity contribution in [3.8, 4) is 11.3 Å². The monoisotopic (exact) mass is 282 g/mol. The van der Waals surface area contributed by atoms with Crippen LogP contribution < -0.4 is 4.35 Å². The molecule has 0 amide bonds. The second-order valence-electron chi connectivity index (χ2n) is 3.89. The molecule has 3 aromatic rings. The van der Waals surface area contributed by atoms with E-state index in [-0.39, 0.29) is 0 Å². The Morgan fingerprint density at radius 3 is 2.71 bits per heavy atom. The third-order valence-corrected chi connectivity index (χ3v) is 3.44. The van der Waals surface area contributed by atoms with E-state index in [2.05, 4.69) is 40.3 Å². The van der Waals surface area contributed by atoms with Gasteiger partial charge in [-0.25, -0.2) is 0 Å². The number of hydrogen-bond donors (Lipinski definition) is 0. The van der Waals surface area contributed by atoms with Gasteiger partial charge in [0.25, 0.3) is 0 Å². The van der Waals surface area contributed by atoms with E-state index in [1.165, 1.54) is 4.35 Å². The summed E-state index contributed by atoms with van der Waals surface area (Å²) in [6, 6.07) is 14.4. The van der Waals surface area contributed by atoms with Crippen LogP contribution in [0.2, 0.25) is 0 Å². The van der Waals surface area contributed by atoms with Gasteiger partial charge in [0.2, 0.25) is 0 Å². The van der Waals surface area contributed by atoms with Crippen molar-refractivity contribution in [1.82, 2.24) is 9.97 Å². The number of hydrogen-bond acceptors (Lipinski definition) is 2. The first-order valence-corrected chi connectivity index (χ1v) is 6.61. The van der Waals surface area contributed by atoms with Gasteiger partial charge in [0, 0.05) is 0 Å². The summed E-state index contributed by atoms with van der Waals surface area (Å²) in [5, 5.41) is 1.16. The van der Waals surface area contributed by atoms with Gasteiger partial charge in [0.05, 0.1) is 0 Å². The summed E-state index contributed by atoms with van der Waals surface area (Å²) < 4.78 is 1.28. The second kappa shape index (κ2) is 4.31. The van der Waals surface area contributed by atoms with E-state index in [4.69, 9.17) is 0 Å². The normalized spacial score (nSPS) is 10.6. The summed E-state index contributed by atoms with van der Waals surface area (Å²) >= 11 is 1.61. The number of benzene rings is 1. The Hall–Kier alpha value is -1.66. The van der Waals surface area contributed by atoms with Crippen molar-refractivity contribution in [3.05, 3.63) is 54.9 Å². The molecule has 2 aromatic heterocycles. The summed E-state index contributed by atoms with van der Waals surface area (Å²) in [5.74, 6) is 0. The van der Waals surface area contributed by atoms with Gasteiger partial charge in [-0.3, -0.25) is 0 Å². The maximum absolute atomic E-state index is 4.40. The number of aromatic nitrogens is 2. The Balaban J connectivity index is 2.18. The molecule has 2 nitrogen and oxygen atoms in total. The van der Waals surface area contributed by atoms with E-state index in [1.807, 2.05) is 24.5 Å². The summed E-state index contributed by atoms with van der Waals surface area (Å²) in [4.78, 5) is 8.76. The number of rotatable bonds is 1. The molecule has 0 fully saturated rings. The van der Waals surface area contributed by atoms with Crippen LogP contribution in [-0.4, -0.2) is 26.8 Å². The standard InChI is InChI=1S/C14H11AsN2/c15-12-5-7-17-14(9-12)11-4-3-10-2-1-6-16-13(10)8-11/h1-9H,15H2. The molecule has 1 aromatic carbocycles. The Bertz CT molecular complexity index is 680. The third kappa shape index (κ3) is 2.09. The van der Waals surface area contributed by atoms with Gasteiger partial charge in [-0.15, -0.1) is 0 Å². The Kier molecular flexibility index (Phi) is 2.66. The van der Waals surface area contributed by atoms with E-state index in [0.717, 1.165) is 22.2 Å². The van der Waals surface area contributed by atoms with Crippen molar-refractivity contribution < 1.29 is 0 Å². The minimum atomic E-state index is 1.01. The van der Waals surface area contributed by atoms with Crippen LogP contribution in [0.15, 0.2) is 54.9 Å². The van der Waals surface area contributed by atoms with Crippen LogP contribution in [0.3, 0.4) is 0 Å². The van der Waals surface area contributed by atoms with E-state index in [9.17, 15) is 0 Å². The fourth-order valence-corrected chi connectivity index (χ4v) is 2.34. The van der Waals surface area contributed by atoms with E-state index < -0.39 is 0 Å². The molecule has 0 aliphatic rings. The average Bonchev–Trinajstić information content (AvgIpc) is 2.38. The molecule has 0 bridgehead atoms. The Morgan fingerprint density at radius 2 is 1.82 bits per heavy atom. The third-order valence-electron chi connectivity index (χ3n) is 2.69. The van der Waals surface area contributed by atoms with Gasteiger partial charge >= 0.3 is 108 Å². The van der Waals surface area contributed by atoms with Crippen molar-refractivity contribution in [1.29, 1.82) is 0 Å². The SMILES string of the molecule is [AsH2]c1ccnc(-c2ccc3cccnc3c2)c1. The fourth-order valence-electron chi connectivity index (χ4n) is 1.83. The first kappa shape index (κ1) is 10.5. The van der Waals surface area contributed by atoms with Crippen LogP contribution in [0.25, 0.3) is 22.2 Å². The quantitative estimate of drug-likeness (QED) is 0.633. The first-order chi connectivity index (χ1) is 8.33. The molecule has 0 aliphatic heterocycles. The molecular formula is C14H11AsN2. The van der Waals surface area contributed by atoms with Crippen LogP contribution in [-0.2, 0) is 0 Å². The number of fused-ring (bicyclic) bond motifs is 1. The van der Waals surface area contributed by atoms with Gasteiger partial charge in [-0.1, -0.05) is 0 Å². The van der Waals surface area contributed by atoms with Gasteiger partial charge in [-0.2, -0.15) is 0 Å². The van der Waals surface area contributed by atoms with Crippen molar-refractivity contribution in [3.63, 3.8) is 0 Å². The molecule has 0 spiro atoms. The Morgan fingerprint density at radius 1 is 0.882 bits per heavy atom. The molecule has 3 rings (SSSR count). The molecule has 2 heterocycles. The molecule has 17 heavy (non-hydrogen) atoms. The zero-order valence-corrected chi connectivity index (χ0v) is 11.6. The van der Waals surface area contributed by atoms with E-state index >= 15 is 0 Å². The summed E-state index contributed by atoms with van der Waals surface area (Å²) in [5.41, 5.74) is 3.15. The summed E-state index contributed by atoms with van der Waals surface area (Å²) in [6.45, 7) is 0. The summed E-state index contributed by atoms with van der Waals surface area (Å²) in [6.07, 6.45) is 3.67. The molecule has 82 valence electrons. The van der Waals surface area contributed by atoms with Gasteiger partial charge < -0.3 is 0 Å².